The van der Waals surface area contributed by atoms with Crippen LogP contribution in [0.3, 0.4) is 0 Å². The molecule has 28 heavy (non-hydrogen) atoms. The fraction of sp³-hybridized carbons (Fsp3) is 1.00. The topological polar surface area (TPSA) is 0 Å². The highest BCUT2D eigenvalue weighted by Crippen LogP contribution is 2.17. The van der Waals surface area contributed by atoms with E-state index in [9.17, 15) is 0 Å². The van der Waals surface area contributed by atoms with Gasteiger partial charge in [-0.3, -0.25) is 0 Å². The second-order valence-electron chi connectivity index (χ2n) is 10.3. The number of rotatable bonds is 22. The summed E-state index contributed by atoms with van der Waals surface area (Å²) >= 11 is 0. The van der Waals surface area contributed by atoms with E-state index < -0.39 is 0 Å². The van der Waals surface area contributed by atoms with Gasteiger partial charge in [-0.25, -0.2) is 0 Å². The second kappa shape index (κ2) is 20.2. The number of unbranched alkanes of at least 4 members (excludes halogenated alkanes) is 14. The molecule has 0 saturated carbocycles. The SMILES string of the molecule is CCCCCCCCCC[N+](C)(CCCCCCCCCC)CCCC(C)C. The van der Waals surface area contributed by atoms with Crippen molar-refractivity contribution >= 4 is 0 Å². The van der Waals surface area contributed by atoms with Crippen LogP contribution in [0.1, 0.15) is 143 Å². The zero-order valence-corrected chi connectivity index (χ0v) is 20.9. The van der Waals surface area contributed by atoms with E-state index in [4.69, 9.17) is 0 Å². The third-order valence-electron chi connectivity index (χ3n) is 6.58. The van der Waals surface area contributed by atoms with Crippen molar-refractivity contribution in [1.82, 2.24) is 0 Å². The third-order valence-corrected chi connectivity index (χ3v) is 6.58. The van der Waals surface area contributed by atoms with E-state index in [0.717, 1.165) is 5.92 Å². The third kappa shape index (κ3) is 19.3. The van der Waals surface area contributed by atoms with Gasteiger partial charge in [0.15, 0.2) is 0 Å². The van der Waals surface area contributed by atoms with Gasteiger partial charge in [0.2, 0.25) is 0 Å². The highest BCUT2D eigenvalue weighted by molar-refractivity contribution is 4.52. The predicted molar refractivity (Wildman–Crippen MR) is 130 cm³/mol. The van der Waals surface area contributed by atoms with Crippen molar-refractivity contribution in [2.24, 2.45) is 5.92 Å². The average molecular weight is 397 g/mol. The molecule has 0 aliphatic carbocycles. The highest BCUT2D eigenvalue weighted by Gasteiger charge is 2.20. The van der Waals surface area contributed by atoms with Crippen LogP contribution in [-0.2, 0) is 0 Å². The largest absolute Gasteiger partial charge is 0.326 e. The predicted octanol–water partition coefficient (Wildman–Crippen LogP) is 9.15. The minimum absolute atomic E-state index is 0.861. The summed E-state index contributed by atoms with van der Waals surface area (Å²) in [4.78, 5) is 0. The van der Waals surface area contributed by atoms with Crippen LogP contribution in [0.5, 0.6) is 0 Å². The fourth-order valence-corrected chi connectivity index (χ4v) is 4.47. The average Bonchev–Trinajstić information content (AvgIpc) is 2.66. The van der Waals surface area contributed by atoms with Crippen LogP contribution in [0.15, 0.2) is 0 Å². The van der Waals surface area contributed by atoms with E-state index in [0.29, 0.717) is 0 Å². The number of hydrogen-bond acceptors (Lipinski definition) is 0. The molecule has 0 radical (unpaired) electrons. The maximum atomic E-state index is 2.56. The first kappa shape index (κ1) is 28.0. The van der Waals surface area contributed by atoms with Gasteiger partial charge in [0.1, 0.15) is 0 Å². The smallest absolute Gasteiger partial charge is 0.0784 e. The maximum Gasteiger partial charge on any atom is 0.0784 e. The van der Waals surface area contributed by atoms with Crippen molar-refractivity contribution < 1.29 is 4.48 Å². The normalized spacial score (nSPS) is 12.2. The first-order chi connectivity index (χ1) is 13.5. The monoisotopic (exact) mass is 396 g/mol. The van der Waals surface area contributed by atoms with Gasteiger partial charge in [-0.2, -0.15) is 0 Å². The van der Waals surface area contributed by atoms with Gasteiger partial charge in [-0.15, -0.1) is 0 Å². The molecule has 0 rings (SSSR count). The molecule has 0 spiro atoms. The molecule has 0 fully saturated rings. The summed E-state index contributed by atoms with van der Waals surface area (Å²) in [5.41, 5.74) is 0. The van der Waals surface area contributed by atoms with Crippen molar-refractivity contribution in [2.45, 2.75) is 143 Å². The Morgan fingerprint density at radius 2 is 0.786 bits per heavy atom. The number of nitrogens with zero attached hydrogens (tertiary/aromatic N) is 1. The van der Waals surface area contributed by atoms with E-state index in [2.05, 4.69) is 34.7 Å². The molecule has 0 aromatic heterocycles. The Morgan fingerprint density at radius 3 is 1.14 bits per heavy atom. The first-order valence-electron chi connectivity index (χ1n) is 13.4. The van der Waals surface area contributed by atoms with E-state index in [-0.39, 0.29) is 0 Å². The van der Waals surface area contributed by atoms with E-state index in [1.165, 1.54) is 140 Å². The lowest BCUT2D eigenvalue weighted by Crippen LogP contribution is -2.46. The summed E-state index contributed by atoms with van der Waals surface area (Å²) in [5, 5.41) is 0. The first-order valence-corrected chi connectivity index (χ1v) is 13.4. The molecule has 0 saturated heterocycles. The van der Waals surface area contributed by atoms with Gasteiger partial charge < -0.3 is 4.48 Å². The molecule has 0 aromatic rings. The molecule has 0 unspecified atom stereocenters. The molecule has 0 aromatic carbocycles. The molecule has 0 heterocycles. The van der Waals surface area contributed by atoms with Crippen molar-refractivity contribution in [1.29, 1.82) is 0 Å². The summed E-state index contributed by atoms with van der Waals surface area (Å²) < 4.78 is 1.35. The Morgan fingerprint density at radius 1 is 0.464 bits per heavy atom. The van der Waals surface area contributed by atoms with Crippen LogP contribution < -0.4 is 0 Å². The van der Waals surface area contributed by atoms with Crippen LogP contribution in [0.25, 0.3) is 0 Å². The lowest BCUT2D eigenvalue weighted by atomic mass is 10.0. The summed E-state index contributed by atoms with van der Waals surface area (Å²) in [6.07, 6.45) is 25.9. The van der Waals surface area contributed by atoms with Crippen LogP contribution >= 0.6 is 0 Å². The van der Waals surface area contributed by atoms with Crippen LogP contribution in [0.2, 0.25) is 0 Å². The highest BCUT2D eigenvalue weighted by atomic mass is 15.3. The van der Waals surface area contributed by atoms with E-state index >= 15 is 0 Å². The van der Waals surface area contributed by atoms with E-state index in [1.54, 1.807) is 0 Å². The molecule has 0 aliphatic rings. The molecule has 0 atom stereocenters. The van der Waals surface area contributed by atoms with Gasteiger partial charge in [0.05, 0.1) is 26.7 Å². The molecule has 0 bridgehead atoms. The molecule has 0 amide bonds. The van der Waals surface area contributed by atoms with Crippen molar-refractivity contribution in [3.05, 3.63) is 0 Å². The Bertz CT molecular complexity index is 277. The Hall–Kier alpha value is -0.0400. The minimum atomic E-state index is 0.861. The number of quaternary nitrogens is 1. The van der Waals surface area contributed by atoms with Crippen LogP contribution in [-0.4, -0.2) is 31.2 Å². The van der Waals surface area contributed by atoms with Gasteiger partial charge in [-0.1, -0.05) is 105 Å². The Kier molecular flexibility index (Phi) is 20.2. The standard InChI is InChI=1S/C27H58N/c1-6-8-10-12-14-16-18-20-24-28(5,26-22-23-27(3)4)25-21-19-17-15-13-11-9-7-2/h27H,6-26H2,1-5H3/q+1. The van der Waals surface area contributed by atoms with Gasteiger partial charge >= 0.3 is 0 Å². The van der Waals surface area contributed by atoms with Crippen LogP contribution in [0, 0.1) is 5.92 Å². The van der Waals surface area contributed by atoms with Crippen LogP contribution in [0.4, 0.5) is 0 Å². The van der Waals surface area contributed by atoms with Crippen molar-refractivity contribution in [3.63, 3.8) is 0 Å². The van der Waals surface area contributed by atoms with Gasteiger partial charge in [-0.05, 0) is 44.4 Å². The Balaban J connectivity index is 3.97. The molecule has 1 nitrogen and oxygen atoms in total. The maximum absolute atomic E-state index is 2.56. The number of hydrogen-bond donors (Lipinski definition) is 0. The minimum Gasteiger partial charge on any atom is -0.326 e. The molecular formula is C27H58N+. The summed E-state index contributed by atoms with van der Waals surface area (Å²) in [6, 6.07) is 0. The van der Waals surface area contributed by atoms with Gasteiger partial charge in [0.25, 0.3) is 0 Å². The lowest BCUT2D eigenvalue weighted by molar-refractivity contribution is -0.910. The van der Waals surface area contributed by atoms with E-state index in [1.807, 2.05) is 0 Å². The summed E-state index contributed by atoms with van der Waals surface area (Å²) in [6.45, 7) is 13.6. The zero-order chi connectivity index (χ0) is 20.9. The Labute approximate surface area is 180 Å². The second-order valence-corrected chi connectivity index (χ2v) is 10.3. The quantitative estimate of drug-likeness (QED) is 0.126. The molecule has 0 aliphatic heterocycles. The molecular weight excluding hydrogens is 338 g/mol. The van der Waals surface area contributed by atoms with Gasteiger partial charge in [0, 0.05) is 0 Å². The van der Waals surface area contributed by atoms with Crippen molar-refractivity contribution in [3.8, 4) is 0 Å². The van der Waals surface area contributed by atoms with Crippen molar-refractivity contribution in [2.75, 3.05) is 26.7 Å². The summed E-state index contributed by atoms with van der Waals surface area (Å²) in [5.74, 6) is 0.861. The molecule has 1 heteroatoms. The fourth-order valence-electron chi connectivity index (χ4n) is 4.47. The molecule has 0 N–H and O–H groups in total. The summed E-state index contributed by atoms with van der Waals surface area (Å²) in [7, 11) is 2.56. The lowest BCUT2D eigenvalue weighted by Gasteiger charge is -2.35. The zero-order valence-electron chi connectivity index (χ0n) is 20.9. The molecule has 170 valence electrons.